The zero-order valence-electron chi connectivity index (χ0n) is 52.2. The van der Waals surface area contributed by atoms with E-state index in [0.717, 1.165) is 113 Å². The second kappa shape index (κ2) is 27.7. The van der Waals surface area contributed by atoms with Gasteiger partial charge in [0.2, 0.25) is 17.6 Å². The number of hydrogen-bond acceptors (Lipinski definition) is 24. The minimum absolute atomic E-state index is 0.00468. The van der Waals surface area contributed by atoms with Crippen molar-refractivity contribution in [3.63, 3.8) is 0 Å². The van der Waals surface area contributed by atoms with Crippen LogP contribution in [0.25, 0.3) is 16.9 Å². The van der Waals surface area contributed by atoms with Crippen molar-refractivity contribution in [2.24, 2.45) is 17.8 Å². The summed E-state index contributed by atoms with van der Waals surface area (Å²) in [5.41, 5.74) is 4.94. The lowest BCUT2D eigenvalue weighted by atomic mass is 9.96. The van der Waals surface area contributed by atoms with E-state index in [4.69, 9.17) is 14.2 Å². The highest BCUT2D eigenvalue weighted by Crippen LogP contribution is 2.38. The fourth-order valence-corrected chi connectivity index (χ4v) is 12.2. The number of ether oxygens (including phenoxy) is 3. The van der Waals surface area contributed by atoms with Crippen molar-refractivity contribution in [2.45, 2.75) is 152 Å². The van der Waals surface area contributed by atoms with E-state index < -0.39 is 18.3 Å². The lowest BCUT2D eigenvalue weighted by Crippen LogP contribution is -2.17. The molecule has 9 heterocycles. The van der Waals surface area contributed by atoms with Crippen molar-refractivity contribution in [3.05, 3.63) is 108 Å². The van der Waals surface area contributed by atoms with Crippen molar-refractivity contribution in [1.82, 2.24) is 58.7 Å². The van der Waals surface area contributed by atoms with Crippen LogP contribution < -0.4 is 46.1 Å². The van der Waals surface area contributed by atoms with Crippen LogP contribution in [0, 0.1) is 17.8 Å². The number of nitrogens with zero attached hydrogens (tertiary/aromatic N) is 12. The van der Waals surface area contributed by atoms with Crippen LogP contribution in [0.5, 0.6) is 17.6 Å². The predicted molar refractivity (Wildman–Crippen MR) is 348 cm³/mol. The standard InChI is InChI=1S/3C22H26N6O3/c3*1-23-20-11-19(26-16-5-3-9-24-22(16)31-14-7-8-14)27-21-15(12-25-28(20)21)18(30)10-13-4-2-6-17(13)29/h3*3,5,9,11-14,17,23,29H,2,4,6-8,10H2,1H3,(H,26,27)/t13?,17-;2*13-,17+/m110/s1. The van der Waals surface area contributed by atoms with Gasteiger partial charge in [0.15, 0.2) is 34.3 Å². The van der Waals surface area contributed by atoms with Crippen LogP contribution >= 0.6 is 0 Å². The van der Waals surface area contributed by atoms with Crippen LogP contribution in [0.1, 0.15) is 147 Å². The number of anilines is 9. The summed E-state index contributed by atoms with van der Waals surface area (Å²) >= 11 is 0. The van der Waals surface area contributed by atoms with Gasteiger partial charge in [0.05, 0.1) is 53.6 Å². The topological polar surface area (TPSA) is 341 Å². The fraction of sp³-hybridized carbons (Fsp3) is 0.455. The maximum Gasteiger partial charge on any atom is 0.238 e. The second-order valence-electron chi connectivity index (χ2n) is 24.8. The molecule has 0 amide bonds. The molecule has 9 N–H and O–H groups in total. The summed E-state index contributed by atoms with van der Waals surface area (Å²) in [4.78, 5) is 66.0. The minimum Gasteiger partial charge on any atom is -0.473 e. The highest BCUT2D eigenvalue weighted by molar-refractivity contribution is 6.03. The first-order chi connectivity index (χ1) is 45.4. The molecule has 9 aromatic rings. The number of carbonyl (C=O) groups is 3. The molecular weight excluding hydrogens is 1190 g/mol. The number of aliphatic hydroxyl groups is 3. The van der Waals surface area contributed by atoms with E-state index in [0.29, 0.717) is 105 Å². The van der Waals surface area contributed by atoms with Crippen molar-refractivity contribution in [3.8, 4) is 17.6 Å². The van der Waals surface area contributed by atoms with E-state index in [9.17, 15) is 29.7 Å². The van der Waals surface area contributed by atoms with Crippen LogP contribution in [-0.4, -0.2) is 149 Å². The van der Waals surface area contributed by atoms with Gasteiger partial charge in [-0.1, -0.05) is 19.3 Å². The summed E-state index contributed by atoms with van der Waals surface area (Å²) in [7, 11) is 5.38. The number of carbonyl (C=O) groups excluding carboxylic acids is 3. The Balaban J connectivity index is 0.000000127. The van der Waals surface area contributed by atoms with Gasteiger partial charge in [0, 0.05) is 77.2 Å². The maximum atomic E-state index is 13.0. The number of aromatic nitrogens is 12. The van der Waals surface area contributed by atoms with E-state index in [1.807, 2.05) is 54.6 Å². The Labute approximate surface area is 535 Å². The zero-order valence-corrected chi connectivity index (χ0v) is 52.2. The Morgan fingerprint density at radius 3 is 0.978 bits per heavy atom. The molecule has 0 spiro atoms. The van der Waals surface area contributed by atoms with Crippen molar-refractivity contribution < 1.29 is 43.9 Å². The number of pyridine rings is 3. The van der Waals surface area contributed by atoms with E-state index in [2.05, 4.69) is 77.1 Å². The summed E-state index contributed by atoms with van der Waals surface area (Å²) < 4.78 is 22.5. The van der Waals surface area contributed by atoms with Crippen LogP contribution in [0.15, 0.2) is 91.8 Å². The summed E-state index contributed by atoms with van der Waals surface area (Å²) in [6.45, 7) is 0. The number of ketones is 3. The average molecular weight is 1270 g/mol. The quantitative estimate of drug-likeness (QED) is 0.0254. The van der Waals surface area contributed by atoms with Crippen molar-refractivity contribution in [2.75, 3.05) is 53.0 Å². The van der Waals surface area contributed by atoms with E-state index in [1.54, 1.807) is 71.9 Å². The van der Waals surface area contributed by atoms with Gasteiger partial charge in [0.25, 0.3) is 0 Å². The smallest absolute Gasteiger partial charge is 0.238 e. The van der Waals surface area contributed by atoms with Gasteiger partial charge in [-0.2, -0.15) is 28.8 Å². The van der Waals surface area contributed by atoms with Gasteiger partial charge in [-0.25, -0.2) is 29.9 Å². The molecule has 6 saturated carbocycles. The minimum atomic E-state index is -0.403. The molecule has 93 heavy (non-hydrogen) atoms. The fourth-order valence-electron chi connectivity index (χ4n) is 12.2. The normalized spacial score (nSPS) is 20.7. The summed E-state index contributed by atoms with van der Waals surface area (Å²) in [6, 6.07) is 16.6. The molecule has 0 radical (unpaired) electrons. The average Bonchev–Trinajstić information content (AvgIpc) is 1.73. The first kappa shape index (κ1) is 62.2. The third kappa shape index (κ3) is 14.5. The van der Waals surface area contributed by atoms with Crippen LogP contribution in [-0.2, 0) is 0 Å². The van der Waals surface area contributed by atoms with Gasteiger partial charge in [0.1, 0.15) is 70.3 Å². The molecule has 0 aromatic carbocycles. The lowest BCUT2D eigenvalue weighted by molar-refractivity contribution is 0.0865. The Morgan fingerprint density at radius 1 is 0.441 bits per heavy atom. The number of rotatable bonds is 24. The molecule has 6 fully saturated rings. The Morgan fingerprint density at radius 2 is 0.731 bits per heavy atom. The molecule has 0 bridgehead atoms. The maximum absolute atomic E-state index is 13.0. The van der Waals surface area contributed by atoms with Gasteiger partial charge < -0.3 is 61.4 Å². The molecule has 1 unspecified atom stereocenters. The second-order valence-corrected chi connectivity index (χ2v) is 24.8. The molecule has 9 aromatic heterocycles. The summed E-state index contributed by atoms with van der Waals surface area (Å²) in [5, 5.41) is 62.6. The Hall–Kier alpha value is -9.60. The van der Waals surface area contributed by atoms with Crippen LogP contribution in [0.4, 0.5) is 52.0 Å². The van der Waals surface area contributed by atoms with Crippen molar-refractivity contribution >= 4 is 86.3 Å². The highest BCUT2D eigenvalue weighted by Gasteiger charge is 2.34. The number of fused-ring (bicyclic) bond motifs is 3. The Bertz CT molecular complexity index is 3750. The SMILES string of the molecule is CNc1cc(Nc2cccnc2OC2CC2)nc2c(C(=O)CC3CCC[C@H]3O)cnn12.CNc1cc(Nc2cccnc2OC2CC2)nc2c(C(=O)C[C@@H]3CCC[C@H]3O)cnn12.CNc1cc(Nc2cccnc2OC2CC2)nc2c(C(=O)C[C@H]3CCC[C@@H]3O)cnn12. The molecule has 6 atom stereocenters. The first-order valence-corrected chi connectivity index (χ1v) is 32.4. The summed E-state index contributed by atoms with van der Waals surface area (Å²) in [5.74, 6) is 5.24. The predicted octanol–water partition coefficient (Wildman–Crippen LogP) is 9.55. The molecule has 0 aliphatic heterocycles. The van der Waals surface area contributed by atoms with E-state index in [1.165, 1.54) is 0 Å². The zero-order chi connectivity index (χ0) is 64.1. The third-order valence-electron chi connectivity index (χ3n) is 17.8. The number of hydrogen-bond donors (Lipinski definition) is 9. The number of nitrogens with one attached hydrogen (secondary N) is 6. The first-order valence-electron chi connectivity index (χ1n) is 32.4. The molecule has 486 valence electrons. The molecular formula is C66H78N18O9. The van der Waals surface area contributed by atoms with Gasteiger partial charge in [-0.15, -0.1) is 0 Å². The number of aliphatic hydroxyl groups excluding tert-OH is 3. The molecule has 6 aliphatic carbocycles. The van der Waals surface area contributed by atoms with Gasteiger partial charge >= 0.3 is 0 Å². The Kier molecular flexibility index (Phi) is 18.5. The molecule has 27 nitrogen and oxygen atoms in total. The van der Waals surface area contributed by atoms with E-state index >= 15 is 0 Å². The molecule has 6 aliphatic rings. The highest BCUT2D eigenvalue weighted by atomic mass is 16.5. The van der Waals surface area contributed by atoms with Crippen LogP contribution in [0.3, 0.4) is 0 Å². The summed E-state index contributed by atoms with van der Waals surface area (Å²) in [6.07, 6.45) is 24.2. The lowest BCUT2D eigenvalue weighted by Gasteiger charge is -2.14. The van der Waals surface area contributed by atoms with Gasteiger partial charge in [-0.3, -0.25) is 14.4 Å². The van der Waals surface area contributed by atoms with Crippen LogP contribution in [0.2, 0.25) is 0 Å². The largest absolute Gasteiger partial charge is 0.473 e. The molecule has 0 saturated heterocycles. The van der Waals surface area contributed by atoms with Crippen molar-refractivity contribution in [1.29, 1.82) is 0 Å². The monoisotopic (exact) mass is 1270 g/mol. The van der Waals surface area contributed by atoms with Gasteiger partial charge in [-0.05, 0) is 131 Å². The third-order valence-corrected chi connectivity index (χ3v) is 17.8. The number of Topliss-reactive ketones (excluding diaryl/α,β-unsaturated/α-hetero) is 3. The molecule has 27 heteroatoms. The van der Waals surface area contributed by atoms with E-state index in [-0.39, 0.29) is 53.4 Å². The molecule has 15 rings (SSSR count).